The number of hydrogen-bond acceptors (Lipinski definition) is 2. The first-order chi connectivity index (χ1) is 11.1. The molecule has 3 heterocycles. The number of aliphatic imine (C=N–C) groups is 1. The fourth-order valence-corrected chi connectivity index (χ4v) is 3.10. The smallest absolute Gasteiger partial charge is 0.193 e. The Morgan fingerprint density at radius 2 is 2.21 bits per heavy atom. The zero-order chi connectivity index (χ0) is 16.3. The average Bonchev–Trinajstić information content (AvgIpc) is 3.09. The standard InChI is InChI=1S/C18H27N5.HI/c1-4-19-17(23-12-9-18(2,3)14-23)20-10-8-15-13-22-11-6-5-7-16(22)21-15;/h5-7,11,13H,4,8-10,12,14H2,1-3H3,(H,19,20);1H. The van der Waals surface area contributed by atoms with Gasteiger partial charge in [0.15, 0.2) is 5.96 Å². The first kappa shape index (κ1) is 19.0. The van der Waals surface area contributed by atoms with Gasteiger partial charge >= 0.3 is 0 Å². The van der Waals surface area contributed by atoms with Gasteiger partial charge in [-0.15, -0.1) is 24.0 Å². The minimum atomic E-state index is 0. The van der Waals surface area contributed by atoms with Crippen LogP contribution in [0.15, 0.2) is 35.6 Å². The van der Waals surface area contributed by atoms with Crippen molar-refractivity contribution in [3.8, 4) is 0 Å². The molecule has 1 saturated heterocycles. The second-order valence-electron chi connectivity index (χ2n) is 7.02. The van der Waals surface area contributed by atoms with Crippen LogP contribution in [0.3, 0.4) is 0 Å². The summed E-state index contributed by atoms with van der Waals surface area (Å²) in [6, 6.07) is 6.07. The lowest BCUT2D eigenvalue weighted by Gasteiger charge is -2.23. The summed E-state index contributed by atoms with van der Waals surface area (Å²) in [5.41, 5.74) is 2.48. The summed E-state index contributed by atoms with van der Waals surface area (Å²) in [4.78, 5) is 11.8. The average molecular weight is 441 g/mol. The van der Waals surface area contributed by atoms with Gasteiger partial charge in [0.2, 0.25) is 0 Å². The minimum Gasteiger partial charge on any atom is -0.357 e. The molecule has 6 heteroatoms. The Bertz CT molecular complexity index is 659. The van der Waals surface area contributed by atoms with E-state index in [2.05, 4.69) is 46.6 Å². The second kappa shape index (κ2) is 8.18. The van der Waals surface area contributed by atoms with Crippen molar-refractivity contribution in [3.05, 3.63) is 36.3 Å². The van der Waals surface area contributed by atoms with Crippen LogP contribution in [0.1, 0.15) is 32.9 Å². The highest BCUT2D eigenvalue weighted by atomic mass is 127. The number of halogens is 1. The quantitative estimate of drug-likeness (QED) is 0.451. The van der Waals surface area contributed by atoms with E-state index < -0.39 is 0 Å². The van der Waals surface area contributed by atoms with Crippen molar-refractivity contribution >= 4 is 35.6 Å². The summed E-state index contributed by atoms with van der Waals surface area (Å²) < 4.78 is 2.06. The molecule has 1 fully saturated rings. The Balaban J connectivity index is 0.00000208. The van der Waals surface area contributed by atoms with E-state index in [1.807, 2.05) is 24.4 Å². The Morgan fingerprint density at radius 3 is 2.88 bits per heavy atom. The molecule has 0 amide bonds. The largest absolute Gasteiger partial charge is 0.357 e. The lowest BCUT2D eigenvalue weighted by molar-refractivity contribution is 0.370. The summed E-state index contributed by atoms with van der Waals surface area (Å²) in [7, 11) is 0. The molecule has 0 saturated carbocycles. The lowest BCUT2D eigenvalue weighted by Crippen LogP contribution is -2.40. The minimum absolute atomic E-state index is 0. The number of imidazole rings is 1. The molecule has 0 aromatic carbocycles. The molecule has 0 unspecified atom stereocenters. The van der Waals surface area contributed by atoms with E-state index in [0.717, 1.165) is 49.9 Å². The van der Waals surface area contributed by atoms with Crippen molar-refractivity contribution in [2.45, 2.75) is 33.6 Å². The third kappa shape index (κ3) is 4.62. The Morgan fingerprint density at radius 1 is 1.38 bits per heavy atom. The summed E-state index contributed by atoms with van der Waals surface area (Å²) in [5, 5.41) is 3.43. The van der Waals surface area contributed by atoms with E-state index >= 15 is 0 Å². The van der Waals surface area contributed by atoms with Gasteiger partial charge in [0.25, 0.3) is 0 Å². The van der Waals surface area contributed by atoms with Gasteiger partial charge in [-0.2, -0.15) is 0 Å². The van der Waals surface area contributed by atoms with Gasteiger partial charge in [-0.3, -0.25) is 4.99 Å². The van der Waals surface area contributed by atoms with Crippen LogP contribution in [0.25, 0.3) is 5.65 Å². The van der Waals surface area contributed by atoms with Crippen LogP contribution in [-0.4, -0.2) is 46.4 Å². The monoisotopic (exact) mass is 441 g/mol. The number of guanidine groups is 1. The van der Waals surface area contributed by atoms with Gasteiger partial charge in [0, 0.05) is 45.0 Å². The van der Waals surface area contributed by atoms with Gasteiger partial charge in [-0.25, -0.2) is 4.98 Å². The molecular formula is C18H28IN5. The van der Waals surface area contributed by atoms with Crippen LogP contribution in [0.2, 0.25) is 0 Å². The molecule has 1 aliphatic rings. The zero-order valence-electron chi connectivity index (χ0n) is 14.8. The number of aromatic nitrogens is 2. The van der Waals surface area contributed by atoms with Gasteiger partial charge in [-0.1, -0.05) is 19.9 Å². The van der Waals surface area contributed by atoms with Crippen molar-refractivity contribution in [2.75, 3.05) is 26.2 Å². The van der Waals surface area contributed by atoms with Gasteiger partial charge in [0.05, 0.1) is 5.69 Å². The van der Waals surface area contributed by atoms with Crippen molar-refractivity contribution in [2.24, 2.45) is 10.4 Å². The van der Waals surface area contributed by atoms with Crippen LogP contribution in [-0.2, 0) is 6.42 Å². The van der Waals surface area contributed by atoms with Crippen LogP contribution in [0, 0.1) is 5.41 Å². The molecule has 5 nitrogen and oxygen atoms in total. The summed E-state index contributed by atoms with van der Waals surface area (Å²) in [5.74, 6) is 1.04. The maximum absolute atomic E-state index is 4.81. The highest BCUT2D eigenvalue weighted by Crippen LogP contribution is 2.28. The van der Waals surface area contributed by atoms with E-state index in [1.54, 1.807) is 0 Å². The van der Waals surface area contributed by atoms with E-state index in [9.17, 15) is 0 Å². The maximum atomic E-state index is 4.81. The first-order valence-corrected chi connectivity index (χ1v) is 8.53. The molecular weight excluding hydrogens is 413 g/mol. The molecule has 3 rings (SSSR count). The topological polar surface area (TPSA) is 44.9 Å². The van der Waals surface area contributed by atoms with Crippen LogP contribution >= 0.6 is 24.0 Å². The van der Waals surface area contributed by atoms with Crippen molar-refractivity contribution in [1.29, 1.82) is 0 Å². The normalized spacial score (nSPS) is 17.1. The van der Waals surface area contributed by atoms with Crippen molar-refractivity contribution in [3.63, 3.8) is 0 Å². The highest BCUT2D eigenvalue weighted by molar-refractivity contribution is 14.0. The molecule has 0 bridgehead atoms. The number of nitrogens with zero attached hydrogens (tertiary/aromatic N) is 4. The fraction of sp³-hybridized carbons (Fsp3) is 0.556. The first-order valence-electron chi connectivity index (χ1n) is 8.53. The zero-order valence-corrected chi connectivity index (χ0v) is 17.2. The van der Waals surface area contributed by atoms with Crippen LogP contribution in [0.4, 0.5) is 0 Å². The maximum Gasteiger partial charge on any atom is 0.193 e. The Kier molecular flexibility index (Phi) is 6.48. The van der Waals surface area contributed by atoms with E-state index in [-0.39, 0.29) is 24.0 Å². The molecule has 0 atom stereocenters. The molecule has 0 radical (unpaired) electrons. The van der Waals surface area contributed by atoms with Crippen LogP contribution in [0.5, 0.6) is 0 Å². The Hall–Kier alpha value is -1.31. The molecule has 0 aliphatic carbocycles. The molecule has 2 aromatic rings. The number of nitrogens with one attached hydrogen (secondary N) is 1. The summed E-state index contributed by atoms with van der Waals surface area (Å²) >= 11 is 0. The van der Waals surface area contributed by atoms with E-state index in [4.69, 9.17) is 4.99 Å². The third-order valence-corrected chi connectivity index (χ3v) is 4.36. The summed E-state index contributed by atoms with van der Waals surface area (Å²) in [6.45, 7) is 10.6. The molecule has 1 N–H and O–H groups in total. The number of fused-ring (bicyclic) bond motifs is 1. The predicted molar refractivity (Wildman–Crippen MR) is 110 cm³/mol. The molecule has 132 valence electrons. The van der Waals surface area contributed by atoms with Crippen LogP contribution < -0.4 is 5.32 Å². The fourth-order valence-electron chi connectivity index (χ4n) is 3.10. The van der Waals surface area contributed by atoms with Crippen molar-refractivity contribution < 1.29 is 0 Å². The Labute approximate surface area is 161 Å². The third-order valence-electron chi connectivity index (χ3n) is 4.36. The number of pyridine rings is 1. The number of likely N-dealkylation sites (tertiary alicyclic amines) is 1. The lowest BCUT2D eigenvalue weighted by atomic mass is 9.93. The highest BCUT2D eigenvalue weighted by Gasteiger charge is 2.30. The number of hydrogen-bond donors (Lipinski definition) is 1. The van der Waals surface area contributed by atoms with E-state index in [0.29, 0.717) is 5.41 Å². The van der Waals surface area contributed by atoms with Crippen molar-refractivity contribution in [1.82, 2.24) is 19.6 Å². The van der Waals surface area contributed by atoms with Gasteiger partial charge < -0.3 is 14.6 Å². The van der Waals surface area contributed by atoms with E-state index in [1.165, 1.54) is 6.42 Å². The molecule has 0 spiro atoms. The SMILES string of the molecule is CCNC(=NCCc1cn2ccccc2n1)N1CCC(C)(C)C1.I. The molecule has 2 aromatic heterocycles. The molecule has 24 heavy (non-hydrogen) atoms. The second-order valence-corrected chi connectivity index (χ2v) is 7.02. The summed E-state index contributed by atoms with van der Waals surface area (Å²) in [6.07, 6.45) is 6.22. The molecule has 1 aliphatic heterocycles. The van der Waals surface area contributed by atoms with Gasteiger partial charge in [-0.05, 0) is 30.9 Å². The van der Waals surface area contributed by atoms with Gasteiger partial charge in [0.1, 0.15) is 5.65 Å². The number of rotatable bonds is 4. The predicted octanol–water partition coefficient (Wildman–Crippen LogP) is 3.19.